The summed E-state index contributed by atoms with van der Waals surface area (Å²) in [4.78, 5) is 4.72. The average Bonchev–Trinajstić information content (AvgIpc) is 2.81. The van der Waals surface area contributed by atoms with Crippen molar-refractivity contribution in [3.63, 3.8) is 0 Å². The molecule has 1 aliphatic rings. The molecule has 0 saturated carbocycles. The van der Waals surface area contributed by atoms with Gasteiger partial charge in [-0.25, -0.2) is 4.98 Å². The summed E-state index contributed by atoms with van der Waals surface area (Å²) in [6.07, 6.45) is 4.22. The van der Waals surface area contributed by atoms with Crippen molar-refractivity contribution in [2.24, 2.45) is 5.73 Å². The molecule has 2 unspecified atom stereocenters. The molecule has 18 heavy (non-hydrogen) atoms. The van der Waals surface area contributed by atoms with Crippen molar-refractivity contribution < 1.29 is 4.74 Å². The highest BCUT2D eigenvalue weighted by atomic mass is 32.1. The number of ether oxygens (including phenoxy) is 1. The number of thiocarbonyl (C=S) groups is 1. The van der Waals surface area contributed by atoms with Crippen LogP contribution in [0.15, 0.2) is 12.3 Å². The third-order valence-electron chi connectivity index (χ3n) is 3.29. The highest BCUT2D eigenvalue weighted by molar-refractivity contribution is 7.80. The molecule has 2 atom stereocenters. The van der Waals surface area contributed by atoms with Crippen LogP contribution in [-0.4, -0.2) is 28.7 Å². The van der Waals surface area contributed by atoms with Gasteiger partial charge in [-0.1, -0.05) is 12.2 Å². The summed E-state index contributed by atoms with van der Waals surface area (Å²) in [5.74, 6) is 0.755. The van der Waals surface area contributed by atoms with Crippen LogP contribution < -0.4 is 11.1 Å². The van der Waals surface area contributed by atoms with Crippen molar-refractivity contribution in [1.29, 1.82) is 0 Å². The third-order valence-corrected chi connectivity index (χ3v) is 3.50. The first-order valence-electron chi connectivity index (χ1n) is 6.23. The van der Waals surface area contributed by atoms with E-state index < -0.39 is 0 Å². The summed E-state index contributed by atoms with van der Waals surface area (Å²) >= 11 is 5.09. The molecule has 0 aliphatic carbocycles. The highest BCUT2D eigenvalue weighted by Crippen LogP contribution is 2.21. The van der Waals surface area contributed by atoms with Gasteiger partial charge >= 0.3 is 0 Å². The number of nitrogens with two attached hydrogens (primary N) is 1. The van der Waals surface area contributed by atoms with Crippen molar-refractivity contribution in [1.82, 2.24) is 4.98 Å². The summed E-state index contributed by atoms with van der Waals surface area (Å²) < 4.78 is 5.66. The van der Waals surface area contributed by atoms with Crippen molar-refractivity contribution in [3.8, 4) is 0 Å². The Morgan fingerprint density at radius 3 is 3.06 bits per heavy atom. The first-order chi connectivity index (χ1) is 8.59. The minimum atomic E-state index is 0.204. The zero-order chi connectivity index (χ0) is 13.1. The van der Waals surface area contributed by atoms with E-state index in [-0.39, 0.29) is 12.1 Å². The molecule has 0 bridgehead atoms. The van der Waals surface area contributed by atoms with Crippen LogP contribution in [0, 0.1) is 6.92 Å². The third kappa shape index (κ3) is 2.79. The number of anilines is 1. The number of aromatic nitrogens is 1. The lowest BCUT2D eigenvalue weighted by atomic mass is 10.1. The van der Waals surface area contributed by atoms with Crippen LogP contribution in [0.2, 0.25) is 0 Å². The number of pyridine rings is 1. The maximum Gasteiger partial charge on any atom is 0.136 e. The Bertz CT molecular complexity index is 444. The molecule has 4 nitrogen and oxygen atoms in total. The van der Waals surface area contributed by atoms with Crippen LogP contribution in [0.3, 0.4) is 0 Å². The van der Waals surface area contributed by atoms with E-state index in [4.69, 9.17) is 22.7 Å². The molecule has 5 heteroatoms. The molecule has 1 saturated heterocycles. The zero-order valence-corrected chi connectivity index (χ0v) is 11.6. The van der Waals surface area contributed by atoms with Gasteiger partial charge in [0, 0.05) is 12.8 Å². The van der Waals surface area contributed by atoms with Crippen LogP contribution in [0.1, 0.15) is 30.9 Å². The Morgan fingerprint density at radius 2 is 2.44 bits per heavy atom. The first-order valence-corrected chi connectivity index (χ1v) is 6.64. The van der Waals surface area contributed by atoms with Crippen LogP contribution >= 0.6 is 12.2 Å². The van der Waals surface area contributed by atoms with E-state index in [0.717, 1.165) is 36.4 Å². The van der Waals surface area contributed by atoms with Gasteiger partial charge in [0.25, 0.3) is 0 Å². The van der Waals surface area contributed by atoms with E-state index in [1.807, 2.05) is 13.0 Å². The second kappa shape index (κ2) is 5.63. The van der Waals surface area contributed by atoms with Crippen LogP contribution in [0.25, 0.3) is 0 Å². The van der Waals surface area contributed by atoms with E-state index in [1.54, 1.807) is 6.20 Å². The molecule has 2 heterocycles. The van der Waals surface area contributed by atoms with Gasteiger partial charge < -0.3 is 15.8 Å². The Morgan fingerprint density at radius 1 is 1.67 bits per heavy atom. The van der Waals surface area contributed by atoms with E-state index in [9.17, 15) is 0 Å². The lowest BCUT2D eigenvalue weighted by Gasteiger charge is -2.22. The first kappa shape index (κ1) is 13.2. The van der Waals surface area contributed by atoms with Crippen molar-refractivity contribution in [3.05, 3.63) is 23.4 Å². The van der Waals surface area contributed by atoms with Gasteiger partial charge in [0.05, 0.1) is 17.7 Å². The summed E-state index contributed by atoms with van der Waals surface area (Å²) in [5, 5.41) is 3.37. The second-order valence-electron chi connectivity index (χ2n) is 4.70. The maximum atomic E-state index is 5.76. The minimum absolute atomic E-state index is 0.204. The Hall–Kier alpha value is -1.20. The van der Waals surface area contributed by atoms with Gasteiger partial charge in [-0.3, -0.25) is 0 Å². The molecule has 1 aromatic heterocycles. The summed E-state index contributed by atoms with van der Waals surface area (Å²) in [7, 11) is 0. The predicted molar refractivity (Wildman–Crippen MR) is 76.9 cm³/mol. The molecule has 0 radical (unpaired) electrons. The smallest absolute Gasteiger partial charge is 0.136 e. The zero-order valence-electron chi connectivity index (χ0n) is 10.8. The lowest BCUT2D eigenvalue weighted by Crippen LogP contribution is -2.31. The number of hydrogen-bond donors (Lipinski definition) is 2. The van der Waals surface area contributed by atoms with Crippen molar-refractivity contribution >= 4 is 23.0 Å². The van der Waals surface area contributed by atoms with E-state index in [1.165, 1.54) is 0 Å². The SMILES string of the molecule is Cc1ccnc(NC(C)C2CCCO2)c1C(N)=S. The summed E-state index contributed by atoms with van der Waals surface area (Å²) in [5.41, 5.74) is 7.64. The molecule has 0 aromatic carbocycles. The quantitative estimate of drug-likeness (QED) is 0.815. The molecule has 3 N–H and O–H groups in total. The van der Waals surface area contributed by atoms with Gasteiger partial charge in [-0.05, 0) is 38.3 Å². The molecular weight excluding hydrogens is 246 g/mol. The molecule has 1 aromatic rings. The minimum Gasteiger partial charge on any atom is -0.389 e. The molecule has 98 valence electrons. The number of nitrogens with zero attached hydrogens (tertiary/aromatic N) is 1. The maximum absolute atomic E-state index is 5.76. The van der Waals surface area contributed by atoms with Gasteiger partial charge in [0.1, 0.15) is 10.8 Å². The van der Waals surface area contributed by atoms with Crippen LogP contribution in [0.5, 0.6) is 0 Å². The molecular formula is C13H19N3OS. The monoisotopic (exact) mass is 265 g/mol. The largest absolute Gasteiger partial charge is 0.389 e. The molecule has 1 fully saturated rings. The van der Waals surface area contributed by atoms with E-state index in [2.05, 4.69) is 17.2 Å². The Labute approximate surface area is 113 Å². The number of rotatable bonds is 4. The predicted octanol–water partition coefficient (Wildman–Crippen LogP) is 2.00. The van der Waals surface area contributed by atoms with E-state index >= 15 is 0 Å². The van der Waals surface area contributed by atoms with Gasteiger partial charge in [-0.2, -0.15) is 0 Å². The van der Waals surface area contributed by atoms with Crippen LogP contribution in [-0.2, 0) is 4.74 Å². The lowest BCUT2D eigenvalue weighted by molar-refractivity contribution is 0.0995. The van der Waals surface area contributed by atoms with Gasteiger partial charge in [0.2, 0.25) is 0 Å². The number of nitrogens with one attached hydrogen (secondary N) is 1. The molecule has 1 aliphatic heterocycles. The number of aryl methyl sites for hydroxylation is 1. The fraction of sp³-hybridized carbons (Fsp3) is 0.538. The topological polar surface area (TPSA) is 60.2 Å². The Balaban J connectivity index is 2.17. The highest BCUT2D eigenvalue weighted by Gasteiger charge is 2.23. The fourth-order valence-electron chi connectivity index (χ4n) is 2.28. The fourth-order valence-corrected chi connectivity index (χ4v) is 2.54. The van der Waals surface area contributed by atoms with Gasteiger partial charge in [0.15, 0.2) is 0 Å². The van der Waals surface area contributed by atoms with Gasteiger partial charge in [-0.15, -0.1) is 0 Å². The summed E-state index contributed by atoms with van der Waals surface area (Å²) in [6, 6.07) is 2.12. The van der Waals surface area contributed by atoms with Crippen molar-refractivity contribution in [2.75, 3.05) is 11.9 Å². The molecule has 0 spiro atoms. The molecule has 0 amide bonds. The van der Waals surface area contributed by atoms with Crippen LogP contribution in [0.4, 0.5) is 5.82 Å². The summed E-state index contributed by atoms with van der Waals surface area (Å²) in [6.45, 7) is 4.93. The number of hydrogen-bond acceptors (Lipinski definition) is 4. The average molecular weight is 265 g/mol. The van der Waals surface area contributed by atoms with Crippen molar-refractivity contribution in [2.45, 2.75) is 38.8 Å². The second-order valence-corrected chi connectivity index (χ2v) is 5.14. The standard InChI is InChI=1S/C13H19N3OS/c1-8-5-6-15-13(11(8)12(14)18)16-9(2)10-4-3-7-17-10/h5-6,9-10H,3-4,7H2,1-2H3,(H2,14,18)(H,15,16). The normalized spacial score (nSPS) is 20.7. The molecule has 2 rings (SSSR count). The Kier molecular flexibility index (Phi) is 4.14. The van der Waals surface area contributed by atoms with E-state index in [0.29, 0.717) is 4.99 Å².